The van der Waals surface area contributed by atoms with Crippen LogP contribution in [-0.2, 0) is 19.5 Å². The minimum Gasteiger partial charge on any atom is -0.364 e. The van der Waals surface area contributed by atoms with Crippen molar-refractivity contribution in [1.82, 2.24) is 15.4 Å². The fourth-order valence-electron chi connectivity index (χ4n) is 3.82. The Balaban J connectivity index is 1.99. The number of nitrogens with one attached hydrogen (secondary N) is 1. The number of hydrogen-bond acceptors (Lipinski definition) is 7. The zero-order chi connectivity index (χ0) is 16.8. The topological polar surface area (TPSA) is 142 Å². The fraction of sp³-hybridized carbons (Fsp3) is 0.818. The number of primary amides is 1. The molecular weight excluding hydrogens is 330 g/mol. The lowest BCUT2D eigenvalue weighted by Crippen LogP contribution is -2.73. The van der Waals surface area contributed by atoms with E-state index in [0.717, 1.165) is 0 Å². The van der Waals surface area contributed by atoms with Crippen LogP contribution in [0.4, 0.5) is 4.79 Å². The van der Waals surface area contributed by atoms with Gasteiger partial charge in [-0.25, -0.2) is 4.79 Å². The van der Waals surface area contributed by atoms with E-state index < -0.39 is 34.4 Å². The Kier molecular flexibility index (Phi) is 4.06. The second-order valence-electron chi connectivity index (χ2n) is 5.97. The van der Waals surface area contributed by atoms with Crippen LogP contribution in [0.5, 0.6) is 0 Å². The van der Waals surface area contributed by atoms with Crippen molar-refractivity contribution in [2.24, 2.45) is 5.73 Å². The van der Waals surface area contributed by atoms with Crippen LogP contribution in [0.3, 0.4) is 0 Å². The van der Waals surface area contributed by atoms with Crippen LogP contribution in [0, 0.1) is 0 Å². The molecule has 130 valence electrons. The van der Waals surface area contributed by atoms with E-state index >= 15 is 0 Å². The Bertz CT molecular complexity index is 620. The van der Waals surface area contributed by atoms with E-state index in [1.807, 2.05) is 5.01 Å². The van der Waals surface area contributed by atoms with Crippen molar-refractivity contribution >= 4 is 22.3 Å². The Hall–Kier alpha value is -1.31. The molecule has 0 aliphatic carbocycles. The number of quaternary nitrogens is 1. The molecule has 3 saturated heterocycles. The van der Waals surface area contributed by atoms with E-state index in [9.17, 15) is 18.0 Å². The molecule has 0 aromatic rings. The first-order chi connectivity index (χ1) is 10.8. The lowest BCUT2D eigenvalue weighted by Gasteiger charge is -2.46. The van der Waals surface area contributed by atoms with Gasteiger partial charge in [0.15, 0.2) is 6.04 Å². The molecule has 0 aromatic heterocycles. The third-order valence-corrected chi connectivity index (χ3v) is 5.08. The first-order valence-electron chi connectivity index (χ1n) is 7.39. The van der Waals surface area contributed by atoms with Gasteiger partial charge in [-0.05, 0) is 6.42 Å². The molecule has 3 rings (SSSR count). The van der Waals surface area contributed by atoms with Gasteiger partial charge in [0.25, 0.3) is 5.91 Å². The van der Waals surface area contributed by atoms with E-state index in [1.165, 1.54) is 0 Å². The molecule has 3 fully saturated rings. The number of carbonyl (C=O) groups excluding carboxylic acids is 2. The summed E-state index contributed by atoms with van der Waals surface area (Å²) >= 11 is 0. The van der Waals surface area contributed by atoms with Crippen molar-refractivity contribution < 1.29 is 31.4 Å². The van der Waals surface area contributed by atoms with Crippen molar-refractivity contribution in [3.8, 4) is 0 Å². The summed E-state index contributed by atoms with van der Waals surface area (Å²) in [7, 11) is -4.83. The molecule has 3 aliphatic heterocycles. The molecular formula is C11H20N5O6S+. The Morgan fingerprint density at radius 2 is 2.00 bits per heavy atom. The van der Waals surface area contributed by atoms with E-state index in [2.05, 4.69) is 9.60 Å². The second kappa shape index (κ2) is 5.65. The molecule has 3 atom stereocenters. The number of hydrogen-bond donors (Lipinski definition) is 3. The molecule has 3 heterocycles. The average Bonchev–Trinajstić information content (AvgIpc) is 2.69. The van der Waals surface area contributed by atoms with Gasteiger partial charge in [-0.3, -0.25) is 9.35 Å². The summed E-state index contributed by atoms with van der Waals surface area (Å²) in [6.07, 6.45) is 0.724. The van der Waals surface area contributed by atoms with Crippen molar-refractivity contribution in [1.29, 1.82) is 0 Å². The monoisotopic (exact) mass is 350 g/mol. The van der Waals surface area contributed by atoms with Crippen molar-refractivity contribution in [2.45, 2.75) is 24.9 Å². The van der Waals surface area contributed by atoms with Crippen LogP contribution >= 0.6 is 0 Å². The molecule has 23 heavy (non-hydrogen) atoms. The average molecular weight is 350 g/mol. The van der Waals surface area contributed by atoms with E-state index in [1.54, 1.807) is 0 Å². The standard InChI is InChI=1S/C11H19N5O6S/c12-10(17)9-2-1-8-7-16(9,14-5-3-13-4-6-14)11(18)15(8)22-23(19,20)21/h8-9,13H,1-7H2,(H2-,12,17,19,20,21)/p+1/t8-,9+,16?/m1/s1. The number of hydroxylamine groups is 2. The highest BCUT2D eigenvalue weighted by atomic mass is 32.3. The maximum Gasteiger partial charge on any atom is 0.464 e. The predicted molar refractivity (Wildman–Crippen MR) is 75.4 cm³/mol. The van der Waals surface area contributed by atoms with Gasteiger partial charge in [0, 0.05) is 19.5 Å². The van der Waals surface area contributed by atoms with Gasteiger partial charge in [-0.15, -0.1) is 18.9 Å². The number of fused-ring (bicyclic) bond motifs is 2. The summed E-state index contributed by atoms with van der Waals surface area (Å²) < 4.78 is 35.1. The fourth-order valence-corrected chi connectivity index (χ4v) is 4.21. The number of piperidine rings is 1. The number of carbonyl (C=O) groups is 2. The van der Waals surface area contributed by atoms with Crippen LogP contribution in [-0.4, -0.2) is 84.4 Å². The molecule has 1 unspecified atom stereocenters. The maximum atomic E-state index is 12.9. The van der Waals surface area contributed by atoms with Gasteiger partial charge in [-0.1, -0.05) is 0 Å². The van der Waals surface area contributed by atoms with Crippen LogP contribution in [0.1, 0.15) is 12.8 Å². The first-order valence-corrected chi connectivity index (χ1v) is 8.76. The van der Waals surface area contributed by atoms with Gasteiger partial charge in [0.2, 0.25) is 0 Å². The van der Waals surface area contributed by atoms with Crippen molar-refractivity contribution in [3.05, 3.63) is 0 Å². The normalized spacial score (nSPS) is 35.5. The summed E-state index contributed by atoms with van der Waals surface area (Å²) in [5, 5.41) is 5.67. The predicted octanol–water partition coefficient (Wildman–Crippen LogP) is -2.19. The van der Waals surface area contributed by atoms with Gasteiger partial charge in [0.1, 0.15) is 12.6 Å². The SMILES string of the molecule is NC(=O)[C@@H]1CC[C@@H]2C[N+]1(N1CCNCC1)C(=O)N2OS(=O)(=O)O. The Labute approximate surface area is 133 Å². The molecule has 11 nitrogen and oxygen atoms in total. The van der Waals surface area contributed by atoms with Gasteiger partial charge in [-0.2, -0.15) is 8.42 Å². The molecule has 2 bridgehead atoms. The van der Waals surface area contributed by atoms with Gasteiger partial charge in [0.05, 0.1) is 13.1 Å². The second-order valence-corrected chi connectivity index (χ2v) is 6.98. The first kappa shape index (κ1) is 16.5. The highest BCUT2D eigenvalue weighted by Gasteiger charge is 2.66. The number of rotatable bonds is 4. The molecule has 12 heteroatoms. The summed E-state index contributed by atoms with van der Waals surface area (Å²) in [5.74, 6) is -0.607. The highest BCUT2D eigenvalue weighted by molar-refractivity contribution is 7.80. The summed E-state index contributed by atoms with van der Waals surface area (Å²) in [5.41, 5.74) is 5.50. The van der Waals surface area contributed by atoms with Gasteiger partial charge < -0.3 is 11.1 Å². The minimum atomic E-state index is -4.83. The number of piperazine rings is 1. The van der Waals surface area contributed by atoms with E-state index in [4.69, 9.17) is 10.3 Å². The summed E-state index contributed by atoms with van der Waals surface area (Å²) in [6.45, 7) is 2.51. The molecule has 0 saturated carbocycles. The Morgan fingerprint density at radius 3 is 2.57 bits per heavy atom. The largest absolute Gasteiger partial charge is 0.464 e. The Morgan fingerprint density at radius 1 is 1.35 bits per heavy atom. The lowest BCUT2D eigenvalue weighted by molar-refractivity contribution is -0.977. The lowest BCUT2D eigenvalue weighted by atomic mass is 9.99. The van der Waals surface area contributed by atoms with E-state index in [-0.39, 0.29) is 11.1 Å². The van der Waals surface area contributed by atoms with Gasteiger partial charge >= 0.3 is 16.4 Å². The zero-order valence-corrected chi connectivity index (χ0v) is 13.2. The molecule has 0 aromatic carbocycles. The number of nitrogens with two attached hydrogens (primary N) is 1. The minimum absolute atomic E-state index is 0.196. The van der Waals surface area contributed by atoms with Crippen LogP contribution < -0.4 is 11.1 Å². The highest BCUT2D eigenvalue weighted by Crippen LogP contribution is 2.39. The van der Waals surface area contributed by atoms with E-state index in [0.29, 0.717) is 44.1 Å². The smallest absolute Gasteiger partial charge is 0.364 e. The zero-order valence-electron chi connectivity index (χ0n) is 12.4. The summed E-state index contributed by atoms with van der Waals surface area (Å²) in [4.78, 5) is 24.8. The van der Waals surface area contributed by atoms with Crippen LogP contribution in [0.25, 0.3) is 0 Å². The number of nitrogens with zero attached hydrogens (tertiary/aromatic N) is 3. The molecule has 0 radical (unpaired) electrons. The molecule has 3 aliphatic rings. The number of urea groups is 1. The summed E-state index contributed by atoms with van der Waals surface area (Å²) in [6, 6.07) is -1.99. The molecule has 0 spiro atoms. The third kappa shape index (κ3) is 2.70. The number of amides is 3. The third-order valence-electron chi connectivity index (χ3n) is 4.73. The quantitative estimate of drug-likeness (QED) is 0.383. The van der Waals surface area contributed by atoms with Crippen molar-refractivity contribution in [2.75, 3.05) is 32.7 Å². The molecule has 3 amide bonds. The van der Waals surface area contributed by atoms with Crippen LogP contribution in [0.2, 0.25) is 0 Å². The van der Waals surface area contributed by atoms with Crippen molar-refractivity contribution in [3.63, 3.8) is 0 Å². The molecule has 4 N–H and O–H groups in total. The van der Waals surface area contributed by atoms with Crippen LogP contribution in [0.15, 0.2) is 0 Å². The maximum absolute atomic E-state index is 12.9.